The number of rotatable bonds is 2. The van der Waals surface area contributed by atoms with E-state index in [0.717, 1.165) is 23.3 Å². The molecule has 1 aliphatic heterocycles. The molecule has 3 rings (SSSR count). The summed E-state index contributed by atoms with van der Waals surface area (Å²) in [5.41, 5.74) is 7.15. The van der Waals surface area contributed by atoms with Gasteiger partial charge in [0.25, 0.3) is 0 Å². The van der Waals surface area contributed by atoms with E-state index in [-0.39, 0.29) is 11.6 Å². The average molecular weight is 320 g/mol. The van der Waals surface area contributed by atoms with Gasteiger partial charge >= 0.3 is 6.18 Å². The van der Waals surface area contributed by atoms with E-state index in [9.17, 15) is 18.0 Å². The third-order valence-corrected chi connectivity index (χ3v) is 4.01. The lowest BCUT2D eigenvalue weighted by molar-refractivity contribution is -0.137. The molecule has 2 N–H and O–H groups in total. The van der Waals surface area contributed by atoms with Gasteiger partial charge in [0.1, 0.15) is 6.04 Å². The SMILES string of the molecule is Cc1ccc([C@H]2[C@@H](N)C(=O)N2c2cccc(C(F)(F)F)c2)cc1. The number of halogens is 3. The summed E-state index contributed by atoms with van der Waals surface area (Å²) < 4.78 is 38.6. The molecule has 0 unspecified atom stereocenters. The number of alkyl halides is 3. The molecule has 3 nitrogen and oxygen atoms in total. The number of amides is 1. The van der Waals surface area contributed by atoms with E-state index in [4.69, 9.17) is 5.73 Å². The number of aryl methyl sites for hydroxylation is 1. The molecule has 0 radical (unpaired) electrons. The van der Waals surface area contributed by atoms with E-state index in [1.807, 2.05) is 31.2 Å². The highest BCUT2D eigenvalue weighted by Crippen LogP contribution is 2.40. The van der Waals surface area contributed by atoms with Crippen LogP contribution in [0.5, 0.6) is 0 Å². The molecule has 0 bridgehead atoms. The topological polar surface area (TPSA) is 46.3 Å². The Morgan fingerprint density at radius 3 is 2.35 bits per heavy atom. The normalized spacial score (nSPS) is 21.3. The minimum absolute atomic E-state index is 0.206. The van der Waals surface area contributed by atoms with Crippen molar-refractivity contribution in [1.29, 1.82) is 0 Å². The molecule has 2 aromatic carbocycles. The molecule has 2 aromatic rings. The average Bonchev–Trinajstić information content (AvgIpc) is 2.52. The van der Waals surface area contributed by atoms with E-state index < -0.39 is 23.8 Å². The highest BCUT2D eigenvalue weighted by Gasteiger charge is 2.47. The largest absolute Gasteiger partial charge is 0.416 e. The fourth-order valence-corrected chi connectivity index (χ4v) is 2.75. The Morgan fingerprint density at radius 2 is 1.74 bits per heavy atom. The Hall–Kier alpha value is -2.34. The van der Waals surface area contributed by atoms with Crippen molar-refractivity contribution in [3.8, 4) is 0 Å². The second kappa shape index (κ2) is 5.38. The van der Waals surface area contributed by atoms with Crippen molar-refractivity contribution in [3.63, 3.8) is 0 Å². The van der Waals surface area contributed by atoms with Crippen LogP contribution >= 0.6 is 0 Å². The van der Waals surface area contributed by atoms with Crippen LogP contribution in [0, 0.1) is 6.92 Å². The first-order valence-corrected chi connectivity index (χ1v) is 7.11. The molecule has 1 fully saturated rings. The molecule has 1 saturated heterocycles. The van der Waals surface area contributed by atoms with Gasteiger partial charge in [-0.25, -0.2) is 0 Å². The molecule has 1 amide bonds. The van der Waals surface area contributed by atoms with Gasteiger partial charge < -0.3 is 10.6 Å². The van der Waals surface area contributed by atoms with Crippen LogP contribution < -0.4 is 10.6 Å². The molecule has 1 aliphatic rings. The second-order valence-electron chi connectivity index (χ2n) is 5.64. The summed E-state index contributed by atoms with van der Waals surface area (Å²) in [7, 11) is 0. The smallest absolute Gasteiger partial charge is 0.318 e. The summed E-state index contributed by atoms with van der Waals surface area (Å²) in [4.78, 5) is 13.4. The van der Waals surface area contributed by atoms with Gasteiger partial charge in [0.15, 0.2) is 0 Å². The molecule has 0 spiro atoms. The van der Waals surface area contributed by atoms with Gasteiger partial charge in [0.2, 0.25) is 5.91 Å². The Balaban J connectivity index is 1.98. The van der Waals surface area contributed by atoms with Gasteiger partial charge in [-0.15, -0.1) is 0 Å². The van der Waals surface area contributed by atoms with Crippen LogP contribution in [0.4, 0.5) is 18.9 Å². The van der Waals surface area contributed by atoms with E-state index in [0.29, 0.717) is 0 Å². The van der Waals surface area contributed by atoms with E-state index in [1.54, 1.807) is 0 Å². The van der Waals surface area contributed by atoms with Gasteiger partial charge in [-0.3, -0.25) is 4.79 Å². The number of benzene rings is 2. The molecule has 0 aromatic heterocycles. The maximum atomic E-state index is 12.9. The number of nitrogens with two attached hydrogens (primary N) is 1. The predicted molar refractivity (Wildman–Crippen MR) is 80.8 cm³/mol. The number of carbonyl (C=O) groups is 1. The first-order valence-electron chi connectivity index (χ1n) is 7.11. The Kier molecular flexibility index (Phi) is 3.64. The van der Waals surface area contributed by atoms with Crippen molar-refractivity contribution in [1.82, 2.24) is 0 Å². The number of hydrogen-bond donors (Lipinski definition) is 1. The zero-order chi connectivity index (χ0) is 16.8. The summed E-state index contributed by atoms with van der Waals surface area (Å²) in [5.74, 6) is -0.380. The van der Waals surface area contributed by atoms with Crippen molar-refractivity contribution in [2.45, 2.75) is 25.2 Å². The lowest BCUT2D eigenvalue weighted by Gasteiger charge is -2.45. The van der Waals surface area contributed by atoms with Crippen molar-refractivity contribution in [2.24, 2.45) is 5.73 Å². The highest BCUT2D eigenvalue weighted by molar-refractivity contribution is 6.05. The summed E-state index contributed by atoms with van der Waals surface area (Å²) in [5, 5.41) is 0. The van der Waals surface area contributed by atoms with Crippen molar-refractivity contribution < 1.29 is 18.0 Å². The number of hydrogen-bond acceptors (Lipinski definition) is 2. The van der Waals surface area contributed by atoms with Crippen LogP contribution in [-0.4, -0.2) is 11.9 Å². The third-order valence-electron chi connectivity index (χ3n) is 4.01. The van der Waals surface area contributed by atoms with Crippen LogP contribution in [-0.2, 0) is 11.0 Å². The molecule has 6 heteroatoms. The zero-order valence-corrected chi connectivity index (χ0v) is 12.3. The maximum Gasteiger partial charge on any atom is 0.416 e. The standard InChI is InChI=1S/C17H15F3N2O/c1-10-5-7-11(8-6-10)15-14(21)16(23)22(15)13-4-2-3-12(9-13)17(18,19)20/h2-9,14-15H,21H2,1H3/t14-,15+/m1/s1. The van der Waals surface area contributed by atoms with E-state index in [2.05, 4.69) is 0 Å². The molecular weight excluding hydrogens is 305 g/mol. The Labute approximate surface area is 131 Å². The second-order valence-corrected chi connectivity index (χ2v) is 5.64. The van der Waals surface area contributed by atoms with Crippen molar-refractivity contribution in [2.75, 3.05) is 4.90 Å². The van der Waals surface area contributed by atoms with Crippen molar-refractivity contribution >= 4 is 11.6 Å². The molecule has 23 heavy (non-hydrogen) atoms. The van der Waals surface area contributed by atoms with Gasteiger partial charge in [0, 0.05) is 5.69 Å². The monoisotopic (exact) mass is 320 g/mol. The van der Waals surface area contributed by atoms with Crippen LogP contribution in [0.25, 0.3) is 0 Å². The van der Waals surface area contributed by atoms with Crippen LogP contribution in [0.15, 0.2) is 48.5 Å². The number of anilines is 1. The van der Waals surface area contributed by atoms with Gasteiger partial charge in [-0.2, -0.15) is 13.2 Å². The molecular formula is C17H15F3N2O. The van der Waals surface area contributed by atoms with Crippen LogP contribution in [0.1, 0.15) is 22.7 Å². The minimum atomic E-state index is -4.45. The first kappa shape index (κ1) is 15.6. The van der Waals surface area contributed by atoms with E-state index in [1.165, 1.54) is 17.0 Å². The summed E-state index contributed by atoms with van der Waals surface area (Å²) in [6, 6.07) is 11.0. The van der Waals surface area contributed by atoms with E-state index >= 15 is 0 Å². The third kappa shape index (κ3) is 2.70. The highest BCUT2D eigenvalue weighted by atomic mass is 19.4. The minimum Gasteiger partial charge on any atom is -0.318 e. The van der Waals surface area contributed by atoms with Crippen LogP contribution in [0.2, 0.25) is 0 Å². The number of β-lactam (4-membered cyclic amide) rings is 1. The van der Waals surface area contributed by atoms with Crippen molar-refractivity contribution in [3.05, 3.63) is 65.2 Å². The Morgan fingerprint density at radius 1 is 1.09 bits per heavy atom. The zero-order valence-electron chi connectivity index (χ0n) is 12.3. The molecule has 1 heterocycles. The number of nitrogens with zero attached hydrogens (tertiary/aromatic N) is 1. The predicted octanol–water partition coefficient (Wildman–Crippen LogP) is 3.43. The summed E-state index contributed by atoms with van der Waals surface area (Å²) >= 11 is 0. The van der Waals surface area contributed by atoms with Gasteiger partial charge in [-0.1, -0.05) is 35.9 Å². The molecule has 0 saturated carbocycles. The Bertz CT molecular complexity index is 740. The molecule has 120 valence electrons. The lowest BCUT2D eigenvalue weighted by atomic mass is 9.88. The van der Waals surface area contributed by atoms with Crippen LogP contribution in [0.3, 0.4) is 0 Å². The fourth-order valence-electron chi connectivity index (χ4n) is 2.75. The summed E-state index contributed by atoms with van der Waals surface area (Å²) in [6.07, 6.45) is -4.45. The quantitative estimate of drug-likeness (QED) is 0.862. The molecule has 2 atom stereocenters. The first-order chi connectivity index (χ1) is 10.8. The lowest BCUT2D eigenvalue weighted by Crippen LogP contribution is -2.63. The van der Waals surface area contributed by atoms with Gasteiger partial charge in [-0.05, 0) is 30.7 Å². The van der Waals surface area contributed by atoms with Gasteiger partial charge in [0.05, 0.1) is 11.6 Å². The maximum absolute atomic E-state index is 12.9. The number of carbonyl (C=O) groups excluding carboxylic acids is 1. The fraction of sp³-hybridized carbons (Fsp3) is 0.235. The summed E-state index contributed by atoms with van der Waals surface area (Å²) in [6.45, 7) is 1.93. The molecule has 0 aliphatic carbocycles.